The van der Waals surface area contributed by atoms with Gasteiger partial charge in [0.25, 0.3) is 0 Å². The predicted octanol–water partition coefficient (Wildman–Crippen LogP) is 4.30. The largest absolute Gasteiger partial charge is 0.495 e. The molecule has 4 nitrogen and oxygen atoms in total. The molecule has 0 spiro atoms. The third kappa shape index (κ3) is 3.65. The molecule has 0 aliphatic carbocycles. The summed E-state index contributed by atoms with van der Waals surface area (Å²) in [7, 11) is 1.53. The van der Waals surface area contributed by atoms with Crippen molar-refractivity contribution >= 4 is 29.0 Å². The molecule has 0 heterocycles. The molecular formula is C15H15ClN2O2. The van der Waals surface area contributed by atoms with Gasteiger partial charge in [-0.25, -0.2) is 4.79 Å². The lowest BCUT2D eigenvalue weighted by Crippen LogP contribution is -2.19. The molecule has 5 heteroatoms. The SMILES string of the molecule is COc1ccc(Cl)cc1NC(=O)Nc1cccc(C)c1. The molecule has 0 unspecified atom stereocenters. The molecule has 0 saturated carbocycles. The molecule has 2 aromatic rings. The molecule has 0 aromatic heterocycles. The Morgan fingerprint density at radius 1 is 1.15 bits per heavy atom. The summed E-state index contributed by atoms with van der Waals surface area (Å²) in [4.78, 5) is 12.0. The fourth-order valence-electron chi connectivity index (χ4n) is 1.79. The van der Waals surface area contributed by atoms with Crippen molar-refractivity contribution in [3.63, 3.8) is 0 Å². The minimum absolute atomic E-state index is 0.351. The third-order valence-electron chi connectivity index (χ3n) is 2.69. The number of carbonyl (C=O) groups is 1. The number of anilines is 2. The number of aryl methyl sites for hydroxylation is 1. The van der Waals surface area contributed by atoms with Crippen molar-refractivity contribution in [2.75, 3.05) is 17.7 Å². The van der Waals surface area contributed by atoms with Crippen LogP contribution >= 0.6 is 11.6 Å². The fraction of sp³-hybridized carbons (Fsp3) is 0.133. The first kappa shape index (κ1) is 14.2. The van der Waals surface area contributed by atoms with E-state index in [4.69, 9.17) is 16.3 Å². The molecule has 0 aliphatic heterocycles. The van der Waals surface area contributed by atoms with Crippen molar-refractivity contribution in [2.24, 2.45) is 0 Å². The van der Waals surface area contributed by atoms with E-state index in [1.807, 2.05) is 31.2 Å². The molecule has 0 radical (unpaired) electrons. The molecule has 0 bridgehead atoms. The Hall–Kier alpha value is -2.20. The monoisotopic (exact) mass is 290 g/mol. The van der Waals surface area contributed by atoms with Crippen LogP contribution in [0.3, 0.4) is 0 Å². The summed E-state index contributed by atoms with van der Waals surface area (Å²) in [5, 5.41) is 5.99. The van der Waals surface area contributed by atoms with E-state index in [1.54, 1.807) is 18.2 Å². The fourth-order valence-corrected chi connectivity index (χ4v) is 1.96. The molecule has 2 amide bonds. The third-order valence-corrected chi connectivity index (χ3v) is 2.92. The van der Waals surface area contributed by atoms with Crippen LogP contribution in [-0.4, -0.2) is 13.1 Å². The predicted molar refractivity (Wildman–Crippen MR) is 81.8 cm³/mol. The van der Waals surface area contributed by atoms with E-state index in [9.17, 15) is 4.79 Å². The highest BCUT2D eigenvalue weighted by Crippen LogP contribution is 2.27. The molecule has 2 N–H and O–H groups in total. The first-order valence-electron chi connectivity index (χ1n) is 6.06. The van der Waals surface area contributed by atoms with E-state index in [0.717, 1.165) is 11.3 Å². The van der Waals surface area contributed by atoms with Gasteiger partial charge < -0.3 is 15.4 Å². The van der Waals surface area contributed by atoms with Crippen molar-refractivity contribution in [3.05, 3.63) is 53.1 Å². The molecular weight excluding hydrogens is 276 g/mol. The second-order valence-electron chi connectivity index (χ2n) is 4.29. The summed E-state index contributed by atoms with van der Waals surface area (Å²) in [6, 6.07) is 12.2. The van der Waals surface area contributed by atoms with E-state index >= 15 is 0 Å². The number of methoxy groups -OCH3 is 1. The van der Waals surface area contributed by atoms with Crippen LogP contribution < -0.4 is 15.4 Å². The molecule has 0 fully saturated rings. The summed E-state index contributed by atoms with van der Waals surface area (Å²) in [6.45, 7) is 1.96. The van der Waals surface area contributed by atoms with Gasteiger partial charge in [-0.1, -0.05) is 23.7 Å². The number of ether oxygens (including phenoxy) is 1. The number of halogens is 1. The number of hydrogen-bond donors (Lipinski definition) is 2. The molecule has 2 aromatic carbocycles. The summed E-state index contributed by atoms with van der Waals surface area (Å²) >= 11 is 5.91. The van der Waals surface area contributed by atoms with Crippen molar-refractivity contribution in [1.82, 2.24) is 0 Å². The Bertz CT molecular complexity index is 629. The maximum Gasteiger partial charge on any atom is 0.323 e. The van der Waals surface area contributed by atoms with Crippen LogP contribution in [0.5, 0.6) is 5.75 Å². The number of carbonyl (C=O) groups excluding carboxylic acids is 1. The number of nitrogens with one attached hydrogen (secondary N) is 2. The van der Waals surface area contributed by atoms with Gasteiger partial charge in [-0.05, 0) is 42.8 Å². The number of rotatable bonds is 3. The average Bonchev–Trinajstić information content (AvgIpc) is 2.38. The summed E-state index contributed by atoms with van der Waals surface area (Å²) in [5.74, 6) is 0.550. The minimum atomic E-state index is -0.351. The lowest BCUT2D eigenvalue weighted by Gasteiger charge is -2.11. The zero-order chi connectivity index (χ0) is 14.5. The number of benzene rings is 2. The van der Waals surface area contributed by atoms with Gasteiger partial charge in [0, 0.05) is 10.7 Å². The molecule has 2 rings (SSSR count). The lowest BCUT2D eigenvalue weighted by molar-refractivity contribution is 0.262. The zero-order valence-electron chi connectivity index (χ0n) is 11.2. The van der Waals surface area contributed by atoms with Crippen LogP contribution in [-0.2, 0) is 0 Å². The topological polar surface area (TPSA) is 50.4 Å². The molecule has 104 valence electrons. The summed E-state index contributed by atoms with van der Waals surface area (Å²) < 4.78 is 5.17. The van der Waals surface area contributed by atoms with Crippen molar-refractivity contribution in [3.8, 4) is 5.75 Å². The average molecular weight is 291 g/mol. The Morgan fingerprint density at radius 3 is 2.65 bits per heavy atom. The molecule has 0 atom stereocenters. The quantitative estimate of drug-likeness (QED) is 0.885. The van der Waals surface area contributed by atoms with Gasteiger partial charge in [0.1, 0.15) is 5.75 Å². The van der Waals surface area contributed by atoms with Gasteiger partial charge in [-0.3, -0.25) is 0 Å². The number of amides is 2. The first-order valence-corrected chi connectivity index (χ1v) is 6.44. The van der Waals surface area contributed by atoms with E-state index in [1.165, 1.54) is 7.11 Å². The van der Waals surface area contributed by atoms with Gasteiger partial charge >= 0.3 is 6.03 Å². The Labute approximate surface area is 122 Å². The van der Waals surface area contributed by atoms with Gasteiger partial charge in [-0.2, -0.15) is 0 Å². The highest BCUT2D eigenvalue weighted by Gasteiger charge is 2.08. The highest BCUT2D eigenvalue weighted by molar-refractivity contribution is 6.31. The summed E-state index contributed by atoms with van der Waals surface area (Å²) in [6.07, 6.45) is 0. The Kier molecular flexibility index (Phi) is 4.48. The molecule has 20 heavy (non-hydrogen) atoms. The number of urea groups is 1. The van der Waals surface area contributed by atoms with Crippen LogP contribution in [0.25, 0.3) is 0 Å². The lowest BCUT2D eigenvalue weighted by atomic mass is 10.2. The standard InChI is InChI=1S/C15H15ClN2O2/c1-10-4-3-5-12(8-10)17-15(19)18-13-9-11(16)6-7-14(13)20-2/h3-9H,1-2H3,(H2,17,18,19). The highest BCUT2D eigenvalue weighted by atomic mass is 35.5. The van der Waals surface area contributed by atoms with Gasteiger partial charge in [0.05, 0.1) is 12.8 Å². The van der Waals surface area contributed by atoms with E-state index in [0.29, 0.717) is 16.5 Å². The van der Waals surface area contributed by atoms with E-state index in [-0.39, 0.29) is 6.03 Å². The van der Waals surface area contributed by atoms with E-state index in [2.05, 4.69) is 10.6 Å². The van der Waals surface area contributed by atoms with Gasteiger partial charge in [0.2, 0.25) is 0 Å². The Morgan fingerprint density at radius 2 is 1.95 bits per heavy atom. The molecule has 0 aliphatic rings. The van der Waals surface area contributed by atoms with Crippen LogP contribution in [0.1, 0.15) is 5.56 Å². The van der Waals surface area contributed by atoms with Crippen molar-refractivity contribution < 1.29 is 9.53 Å². The first-order chi connectivity index (χ1) is 9.58. The van der Waals surface area contributed by atoms with E-state index < -0.39 is 0 Å². The van der Waals surface area contributed by atoms with Crippen molar-refractivity contribution in [2.45, 2.75) is 6.92 Å². The van der Waals surface area contributed by atoms with Crippen LogP contribution in [0, 0.1) is 6.92 Å². The second kappa shape index (κ2) is 6.30. The maximum atomic E-state index is 12.0. The van der Waals surface area contributed by atoms with Crippen LogP contribution in [0.4, 0.5) is 16.2 Å². The minimum Gasteiger partial charge on any atom is -0.495 e. The van der Waals surface area contributed by atoms with Crippen LogP contribution in [0.15, 0.2) is 42.5 Å². The maximum absolute atomic E-state index is 12.0. The number of hydrogen-bond acceptors (Lipinski definition) is 2. The van der Waals surface area contributed by atoms with Crippen LogP contribution in [0.2, 0.25) is 5.02 Å². The van der Waals surface area contributed by atoms with Gasteiger partial charge in [-0.15, -0.1) is 0 Å². The second-order valence-corrected chi connectivity index (χ2v) is 4.73. The zero-order valence-corrected chi connectivity index (χ0v) is 12.0. The smallest absolute Gasteiger partial charge is 0.323 e. The van der Waals surface area contributed by atoms with Crippen molar-refractivity contribution in [1.29, 1.82) is 0 Å². The Balaban J connectivity index is 2.10. The van der Waals surface area contributed by atoms with Gasteiger partial charge in [0.15, 0.2) is 0 Å². The summed E-state index contributed by atoms with van der Waals surface area (Å²) in [5.41, 5.74) is 2.32. The normalized spacial score (nSPS) is 9.95. The molecule has 0 saturated heterocycles.